The summed E-state index contributed by atoms with van der Waals surface area (Å²) in [5.74, 6) is -0.558. The van der Waals surface area contributed by atoms with Gasteiger partial charge in [-0.15, -0.1) is 0 Å². The second kappa shape index (κ2) is 2.98. The van der Waals surface area contributed by atoms with E-state index in [9.17, 15) is 4.79 Å². The van der Waals surface area contributed by atoms with Gasteiger partial charge in [0, 0.05) is 6.04 Å². The van der Waals surface area contributed by atoms with Crippen LogP contribution >= 0.6 is 0 Å². The van der Waals surface area contributed by atoms with Gasteiger partial charge in [0.05, 0.1) is 11.1 Å². The van der Waals surface area contributed by atoms with E-state index in [2.05, 4.69) is 4.98 Å². The highest BCUT2D eigenvalue weighted by atomic mass is 16.4. The van der Waals surface area contributed by atoms with Gasteiger partial charge in [0.1, 0.15) is 5.52 Å². The van der Waals surface area contributed by atoms with E-state index in [-0.39, 0.29) is 5.56 Å². The van der Waals surface area contributed by atoms with Crippen molar-refractivity contribution in [3.8, 4) is 0 Å². The molecule has 0 aliphatic heterocycles. The molecule has 0 radical (unpaired) electrons. The molecule has 1 aromatic carbocycles. The second-order valence-corrected chi connectivity index (χ2v) is 4.05. The van der Waals surface area contributed by atoms with Crippen LogP contribution in [0.5, 0.6) is 0 Å². The van der Waals surface area contributed by atoms with E-state index in [0.717, 1.165) is 18.4 Å². The lowest BCUT2D eigenvalue weighted by molar-refractivity contribution is 0.0699. The average molecular weight is 217 g/mol. The number of carboxylic acid groups (broad SMARTS) is 1. The minimum Gasteiger partial charge on any atom is -0.478 e. The van der Waals surface area contributed by atoms with Crippen LogP contribution in [0.25, 0.3) is 11.0 Å². The van der Waals surface area contributed by atoms with Crippen molar-refractivity contribution in [2.45, 2.75) is 18.9 Å². The van der Waals surface area contributed by atoms with Gasteiger partial charge in [-0.3, -0.25) is 0 Å². The summed E-state index contributed by atoms with van der Waals surface area (Å²) < 4.78 is 1.93. The molecule has 3 rings (SSSR count). The summed E-state index contributed by atoms with van der Waals surface area (Å²) >= 11 is 0. The van der Waals surface area contributed by atoms with Gasteiger partial charge in [-0.05, 0) is 25.0 Å². The molecule has 1 fully saturated rings. The predicted octanol–water partition coefficient (Wildman–Crippen LogP) is 1.65. The molecule has 5 heteroatoms. The Morgan fingerprint density at radius 2 is 2.25 bits per heavy atom. The molecular weight excluding hydrogens is 206 g/mol. The van der Waals surface area contributed by atoms with E-state index < -0.39 is 5.97 Å². The maximum atomic E-state index is 11.0. The Labute approximate surface area is 91.5 Å². The van der Waals surface area contributed by atoms with Crippen LogP contribution in [0.4, 0.5) is 5.95 Å². The first-order valence-corrected chi connectivity index (χ1v) is 5.18. The van der Waals surface area contributed by atoms with E-state index in [4.69, 9.17) is 10.8 Å². The molecule has 1 heterocycles. The molecule has 0 amide bonds. The highest BCUT2D eigenvalue weighted by Gasteiger charge is 2.28. The minimum atomic E-state index is -0.967. The quantitative estimate of drug-likeness (QED) is 0.801. The Morgan fingerprint density at radius 1 is 1.50 bits per heavy atom. The zero-order chi connectivity index (χ0) is 11.3. The predicted molar refractivity (Wildman–Crippen MR) is 59.4 cm³/mol. The number of anilines is 1. The third kappa shape index (κ3) is 1.18. The molecule has 1 aliphatic carbocycles. The highest BCUT2D eigenvalue weighted by Crippen LogP contribution is 2.39. The number of aromatic nitrogens is 2. The topological polar surface area (TPSA) is 81.1 Å². The van der Waals surface area contributed by atoms with Gasteiger partial charge in [-0.1, -0.05) is 6.07 Å². The molecule has 0 bridgehead atoms. The number of fused-ring (bicyclic) bond motifs is 1. The van der Waals surface area contributed by atoms with Crippen molar-refractivity contribution in [3.05, 3.63) is 23.8 Å². The van der Waals surface area contributed by atoms with Crippen LogP contribution in [0.15, 0.2) is 18.2 Å². The van der Waals surface area contributed by atoms with E-state index in [0.29, 0.717) is 17.5 Å². The molecule has 0 spiro atoms. The number of nitrogens with zero attached hydrogens (tertiary/aromatic N) is 2. The fraction of sp³-hybridized carbons (Fsp3) is 0.273. The molecule has 82 valence electrons. The lowest BCUT2D eigenvalue weighted by atomic mass is 10.2. The van der Waals surface area contributed by atoms with Gasteiger partial charge in [-0.25, -0.2) is 9.78 Å². The summed E-state index contributed by atoms with van der Waals surface area (Å²) in [6, 6.07) is 5.54. The average Bonchev–Trinajstić information content (AvgIpc) is 3.00. The Bertz CT molecular complexity index is 584. The molecular formula is C11H11N3O2. The number of aromatic carboxylic acids is 1. The smallest absolute Gasteiger partial charge is 0.337 e. The highest BCUT2D eigenvalue weighted by molar-refractivity contribution is 6.01. The second-order valence-electron chi connectivity index (χ2n) is 4.05. The zero-order valence-electron chi connectivity index (χ0n) is 8.55. The number of carbonyl (C=O) groups is 1. The molecule has 5 nitrogen and oxygen atoms in total. The fourth-order valence-electron chi connectivity index (χ4n) is 2.02. The van der Waals surface area contributed by atoms with Crippen LogP contribution in [0.1, 0.15) is 29.2 Å². The standard InChI is InChI=1S/C11H11N3O2/c12-11-13-9-7(10(15)16)2-1-3-8(9)14(11)6-4-5-6/h1-3,6H,4-5H2,(H2,12,13)(H,15,16). The van der Waals surface area contributed by atoms with Crippen molar-refractivity contribution >= 4 is 23.0 Å². The normalized spacial score (nSPS) is 15.5. The molecule has 3 N–H and O–H groups in total. The number of nitrogens with two attached hydrogens (primary N) is 1. The zero-order valence-corrected chi connectivity index (χ0v) is 8.55. The van der Waals surface area contributed by atoms with Gasteiger partial charge < -0.3 is 15.4 Å². The number of hydrogen-bond donors (Lipinski definition) is 2. The maximum absolute atomic E-state index is 11.0. The Hall–Kier alpha value is -2.04. The Kier molecular flexibility index (Phi) is 1.71. The number of rotatable bonds is 2. The third-order valence-corrected chi connectivity index (χ3v) is 2.89. The summed E-state index contributed by atoms with van der Waals surface area (Å²) in [6.45, 7) is 0. The Balaban J connectivity index is 2.33. The van der Waals surface area contributed by atoms with Gasteiger partial charge in [0.2, 0.25) is 5.95 Å². The minimum absolute atomic E-state index is 0.212. The molecule has 16 heavy (non-hydrogen) atoms. The van der Waals surface area contributed by atoms with Crippen LogP contribution in [-0.2, 0) is 0 Å². The van der Waals surface area contributed by atoms with Crippen LogP contribution in [0, 0.1) is 0 Å². The van der Waals surface area contributed by atoms with Gasteiger partial charge in [0.15, 0.2) is 0 Å². The molecule has 0 unspecified atom stereocenters. The van der Waals surface area contributed by atoms with Gasteiger partial charge in [-0.2, -0.15) is 0 Å². The molecule has 0 saturated heterocycles. The molecule has 0 atom stereocenters. The van der Waals surface area contributed by atoms with Crippen molar-refractivity contribution in [2.24, 2.45) is 0 Å². The number of hydrogen-bond acceptors (Lipinski definition) is 3. The van der Waals surface area contributed by atoms with Gasteiger partial charge >= 0.3 is 5.97 Å². The van der Waals surface area contributed by atoms with E-state index in [1.54, 1.807) is 12.1 Å². The first-order valence-electron chi connectivity index (χ1n) is 5.18. The summed E-state index contributed by atoms with van der Waals surface area (Å²) in [4.78, 5) is 15.2. The number of imidazole rings is 1. The Morgan fingerprint density at radius 3 is 2.88 bits per heavy atom. The summed E-state index contributed by atoms with van der Waals surface area (Å²) in [6.07, 6.45) is 2.18. The third-order valence-electron chi connectivity index (χ3n) is 2.89. The van der Waals surface area contributed by atoms with E-state index in [1.165, 1.54) is 0 Å². The molecule has 1 aromatic heterocycles. The molecule has 1 aliphatic rings. The van der Waals surface area contributed by atoms with Crippen molar-refractivity contribution in [1.29, 1.82) is 0 Å². The number of carboxylic acids is 1. The number of nitrogen functional groups attached to an aromatic ring is 1. The summed E-state index contributed by atoms with van der Waals surface area (Å²) in [5.41, 5.74) is 7.34. The SMILES string of the molecule is Nc1nc2c(C(=O)O)cccc2n1C1CC1. The molecule has 1 saturated carbocycles. The van der Waals surface area contributed by atoms with E-state index in [1.807, 2.05) is 10.6 Å². The first kappa shape index (κ1) is 9.21. The van der Waals surface area contributed by atoms with Crippen molar-refractivity contribution < 1.29 is 9.90 Å². The van der Waals surface area contributed by atoms with Crippen LogP contribution in [0.2, 0.25) is 0 Å². The lowest BCUT2D eigenvalue weighted by Crippen LogP contribution is -2.00. The van der Waals surface area contributed by atoms with Crippen molar-refractivity contribution in [3.63, 3.8) is 0 Å². The molecule has 2 aromatic rings. The summed E-state index contributed by atoms with van der Waals surface area (Å²) in [5, 5.41) is 9.05. The number of para-hydroxylation sites is 1. The van der Waals surface area contributed by atoms with Crippen LogP contribution < -0.4 is 5.73 Å². The van der Waals surface area contributed by atoms with Gasteiger partial charge in [0.25, 0.3) is 0 Å². The number of benzene rings is 1. The lowest BCUT2D eigenvalue weighted by Gasteiger charge is -2.03. The first-order chi connectivity index (χ1) is 7.68. The maximum Gasteiger partial charge on any atom is 0.337 e. The summed E-state index contributed by atoms with van der Waals surface area (Å²) in [7, 11) is 0. The van der Waals surface area contributed by atoms with Crippen molar-refractivity contribution in [2.75, 3.05) is 5.73 Å². The monoisotopic (exact) mass is 217 g/mol. The van der Waals surface area contributed by atoms with Crippen LogP contribution in [-0.4, -0.2) is 20.6 Å². The van der Waals surface area contributed by atoms with Crippen LogP contribution in [0.3, 0.4) is 0 Å². The fourth-order valence-corrected chi connectivity index (χ4v) is 2.02. The van der Waals surface area contributed by atoms with Crippen molar-refractivity contribution in [1.82, 2.24) is 9.55 Å². The largest absolute Gasteiger partial charge is 0.478 e. The van der Waals surface area contributed by atoms with E-state index >= 15 is 0 Å².